The fourth-order valence-corrected chi connectivity index (χ4v) is 5.30. The average Bonchev–Trinajstić information content (AvgIpc) is 3.78. The first kappa shape index (κ1) is 26.7. The number of aromatic nitrogens is 3. The van der Waals surface area contributed by atoms with Crippen LogP contribution >= 0.6 is 0 Å². The van der Waals surface area contributed by atoms with Crippen LogP contribution in [0.3, 0.4) is 0 Å². The molecule has 1 aliphatic heterocycles. The van der Waals surface area contributed by atoms with E-state index in [9.17, 15) is 27.9 Å². The Morgan fingerprint density at radius 1 is 1.02 bits per heavy atom. The SMILES string of the molecule is O=C(C(O)c1cccc(-c2cccc(OC(F)(F)F)c2)n1)N1CCc2nc(C3(c4ccccc4)CC3)[nH]c(=O)c2C1. The van der Waals surface area contributed by atoms with Gasteiger partial charge in [-0.2, -0.15) is 0 Å². The molecule has 6 rings (SSSR count). The van der Waals surface area contributed by atoms with Crippen molar-refractivity contribution in [1.29, 1.82) is 0 Å². The summed E-state index contributed by atoms with van der Waals surface area (Å²) in [6, 6.07) is 19.8. The van der Waals surface area contributed by atoms with Crippen molar-refractivity contribution in [2.75, 3.05) is 6.54 Å². The van der Waals surface area contributed by atoms with Crippen LogP contribution in [0.15, 0.2) is 77.6 Å². The second-order valence-corrected chi connectivity index (χ2v) is 10.2. The minimum atomic E-state index is -4.84. The molecule has 1 amide bonds. The van der Waals surface area contributed by atoms with E-state index in [-0.39, 0.29) is 35.5 Å². The molecule has 2 aromatic carbocycles. The molecule has 4 aromatic rings. The van der Waals surface area contributed by atoms with E-state index in [0.29, 0.717) is 29.1 Å². The van der Waals surface area contributed by atoms with Crippen LogP contribution in [0.5, 0.6) is 5.75 Å². The summed E-state index contributed by atoms with van der Waals surface area (Å²) in [6.07, 6.45) is -4.34. The molecule has 2 aliphatic rings. The molecule has 2 N–H and O–H groups in total. The van der Waals surface area contributed by atoms with Gasteiger partial charge in [0.15, 0.2) is 6.10 Å². The molecule has 0 radical (unpaired) electrons. The first-order valence-corrected chi connectivity index (χ1v) is 13.1. The third kappa shape index (κ3) is 5.32. The quantitative estimate of drug-likeness (QED) is 0.360. The summed E-state index contributed by atoms with van der Waals surface area (Å²) >= 11 is 0. The molecule has 210 valence electrons. The fourth-order valence-electron chi connectivity index (χ4n) is 5.30. The molecule has 11 heteroatoms. The number of pyridine rings is 1. The van der Waals surface area contributed by atoms with Crippen LogP contribution in [-0.4, -0.2) is 43.8 Å². The number of fused-ring (bicyclic) bond motifs is 1. The number of halogens is 3. The molecular formula is C30H25F3N4O4. The zero-order valence-electron chi connectivity index (χ0n) is 21.7. The highest BCUT2D eigenvalue weighted by Crippen LogP contribution is 2.52. The fraction of sp³-hybridized carbons (Fsp3) is 0.267. The van der Waals surface area contributed by atoms with Gasteiger partial charge in [0, 0.05) is 18.5 Å². The van der Waals surface area contributed by atoms with Crippen molar-refractivity contribution in [3.05, 3.63) is 111 Å². The molecule has 0 bridgehead atoms. The largest absolute Gasteiger partial charge is 0.573 e. The van der Waals surface area contributed by atoms with Crippen molar-refractivity contribution in [3.8, 4) is 17.0 Å². The number of hydrogen-bond acceptors (Lipinski definition) is 6. The number of nitrogens with one attached hydrogen (secondary N) is 1. The van der Waals surface area contributed by atoms with E-state index in [2.05, 4.69) is 14.7 Å². The van der Waals surface area contributed by atoms with Crippen LogP contribution in [0.2, 0.25) is 0 Å². The summed E-state index contributed by atoms with van der Waals surface area (Å²) in [5, 5.41) is 10.9. The molecule has 1 aliphatic carbocycles. The smallest absolute Gasteiger partial charge is 0.406 e. The molecule has 1 unspecified atom stereocenters. The molecular weight excluding hydrogens is 537 g/mol. The van der Waals surface area contributed by atoms with Crippen LogP contribution in [0.25, 0.3) is 11.3 Å². The highest BCUT2D eigenvalue weighted by Gasteiger charge is 2.48. The second-order valence-electron chi connectivity index (χ2n) is 10.2. The minimum Gasteiger partial charge on any atom is -0.406 e. The lowest BCUT2D eigenvalue weighted by Crippen LogP contribution is -2.42. The van der Waals surface area contributed by atoms with E-state index >= 15 is 0 Å². The lowest BCUT2D eigenvalue weighted by Gasteiger charge is -2.30. The summed E-state index contributed by atoms with van der Waals surface area (Å²) in [7, 11) is 0. The van der Waals surface area contributed by atoms with Gasteiger partial charge >= 0.3 is 6.36 Å². The summed E-state index contributed by atoms with van der Waals surface area (Å²) < 4.78 is 41.9. The van der Waals surface area contributed by atoms with Crippen LogP contribution in [0.4, 0.5) is 13.2 Å². The van der Waals surface area contributed by atoms with E-state index in [1.54, 1.807) is 18.2 Å². The van der Waals surface area contributed by atoms with Gasteiger partial charge in [-0.05, 0) is 42.7 Å². The zero-order valence-corrected chi connectivity index (χ0v) is 21.7. The topological polar surface area (TPSA) is 108 Å². The number of hydrogen-bond donors (Lipinski definition) is 2. The molecule has 1 fully saturated rings. The van der Waals surface area contributed by atoms with Crippen LogP contribution in [0, 0.1) is 0 Å². The summed E-state index contributed by atoms with van der Waals surface area (Å²) in [6.45, 7) is 0.246. The van der Waals surface area contributed by atoms with E-state index in [0.717, 1.165) is 18.4 Å². The summed E-state index contributed by atoms with van der Waals surface area (Å²) in [5.41, 5.74) is 2.13. The maximum atomic E-state index is 13.3. The second kappa shape index (κ2) is 10.2. The first-order valence-electron chi connectivity index (χ1n) is 13.1. The standard InChI is InChI=1S/C30H25F3N4O4/c31-30(32,33)41-20-9-4-6-18(16-20)22-10-5-11-24(34-22)25(38)27(40)37-15-12-23-21(17-37)26(39)36-28(35-23)29(13-14-29)19-7-2-1-3-8-19/h1-11,16,25,38H,12-15,17H2,(H,35,36,39). The number of aliphatic hydroxyl groups excluding tert-OH is 1. The lowest BCUT2D eigenvalue weighted by atomic mass is 9.94. The maximum Gasteiger partial charge on any atom is 0.573 e. The molecule has 41 heavy (non-hydrogen) atoms. The van der Waals surface area contributed by atoms with Crippen LogP contribution < -0.4 is 10.3 Å². The average molecular weight is 563 g/mol. The Kier molecular flexibility index (Phi) is 6.61. The van der Waals surface area contributed by atoms with Crippen molar-refractivity contribution in [1.82, 2.24) is 19.9 Å². The molecule has 8 nitrogen and oxygen atoms in total. The van der Waals surface area contributed by atoms with Gasteiger partial charge in [0.25, 0.3) is 11.5 Å². The van der Waals surface area contributed by atoms with Crippen molar-refractivity contribution in [2.24, 2.45) is 0 Å². The van der Waals surface area contributed by atoms with Crippen molar-refractivity contribution >= 4 is 5.91 Å². The number of amides is 1. The molecule has 2 aromatic heterocycles. The number of nitrogens with zero attached hydrogens (tertiary/aromatic N) is 3. The van der Waals surface area contributed by atoms with Crippen molar-refractivity contribution in [3.63, 3.8) is 0 Å². The van der Waals surface area contributed by atoms with Gasteiger partial charge in [-0.1, -0.05) is 48.5 Å². The highest BCUT2D eigenvalue weighted by atomic mass is 19.4. The highest BCUT2D eigenvalue weighted by molar-refractivity contribution is 5.82. The van der Waals surface area contributed by atoms with Gasteiger partial charge in [-0.15, -0.1) is 13.2 Å². The number of ether oxygens (including phenoxy) is 1. The van der Waals surface area contributed by atoms with Gasteiger partial charge in [0.1, 0.15) is 11.6 Å². The number of rotatable bonds is 6. The zero-order chi connectivity index (χ0) is 28.8. The van der Waals surface area contributed by atoms with Crippen LogP contribution in [-0.2, 0) is 23.2 Å². The molecule has 0 spiro atoms. The number of alkyl halides is 3. The Bertz CT molecular complexity index is 1670. The van der Waals surface area contributed by atoms with Gasteiger partial charge in [0.2, 0.25) is 0 Å². The van der Waals surface area contributed by atoms with Crippen molar-refractivity contribution in [2.45, 2.75) is 43.7 Å². The number of carbonyl (C=O) groups is 1. The van der Waals surface area contributed by atoms with Gasteiger partial charge in [-0.25, -0.2) is 9.97 Å². The minimum absolute atomic E-state index is 0.0112. The Balaban J connectivity index is 1.20. The lowest BCUT2D eigenvalue weighted by molar-refractivity contribution is -0.274. The van der Waals surface area contributed by atoms with E-state index in [1.807, 2.05) is 30.3 Å². The third-order valence-electron chi connectivity index (χ3n) is 7.56. The summed E-state index contributed by atoms with van der Waals surface area (Å²) in [4.78, 5) is 39.8. The van der Waals surface area contributed by atoms with Crippen LogP contribution in [0.1, 0.15) is 47.3 Å². The van der Waals surface area contributed by atoms with Gasteiger partial charge in [0.05, 0.1) is 34.6 Å². The Morgan fingerprint density at radius 2 is 1.78 bits per heavy atom. The maximum absolute atomic E-state index is 13.3. The molecule has 1 atom stereocenters. The Hall–Kier alpha value is -4.51. The predicted octanol–water partition coefficient (Wildman–Crippen LogP) is 4.43. The van der Waals surface area contributed by atoms with E-state index in [4.69, 9.17) is 4.98 Å². The molecule has 3 heterocycles. The Morgan fingerprint density at radius 3 is 2.51 bits per heavy atom. The number of H-pyrrole nitrogens is 1. The van der Waals surface area contributed by atoms with Crippen molar-refractivity contribution < 1.29 is 27.8 Å². The Labute approximate surface area is 232 Å². The third-order valence-corrected chi connectivity index (χ3v) is 7.56. The first-order chi connectivity index (χ1) is 19.6. The monoisotopic (exact) mass is 562 g/mol. The number of carbonyl (C=O) groups excluding carboxylic acids is 1. The number of aliphatic hydroxyl groups is 1. The number of aromatic amines is 1. The predicted molar refractivity (Wildman–Crippen MR) is 142 cm³/mol. The van der Waals surface area contributed by atoms with E-state index < -0.39 is 24.1 Å². The molecule has 0 saturated heterocycles. The van der Waals surface area contributed by atoms with Gasteiger partial charge in [-0.3, -0.25) is 9.59 Å². The normalized spacial score (nSPS) is 16.5. The van der Waals surface area contributed by atoms with Gasteiger partial charge < -0.3 is 19.7 Å². The molecule has 1 saturated carbocycles. The summed E-state index contributed by atoms with van der Waals surface area (Å²) in [5.74, 6) is -0.414. The van der Waals surface area contributed by atoms with E-state index in [1.165, 1.54) is 29.2 Å². The number of benzene rings is 2.